The van der Waals surface area contributed by atoms with Gasteiger partial charge < -0.3 is 24.8 Å². The van der Waals surface area contributed by atoms with E-state index < -0.39 is 0 Å². The highest BCUT2D eigenvalue weighted by Gasteiger charge is 2.10. The van der Waals surface area contributed by atoms with Gasteiger partial charge in [0, 0.05) is 11.8 Å². The number of anilines is 2. The van der Waals surface area contributed by atoms with Gasteiger partial charge in [-0.2, -0.15) is 5.10 Å². The highest BCUT2D eigenvalue weighted by Crippen LogP contribution is 2.28. The smallest absolute Gasteiger partial charge is 0.262 e. The van der Waals surface area contributed by atoms with Crippen LogP contribution in [0.25, 0.3) is 0 Å². The summed E-state index contributed by atoms with van der Waals surface area (Å²) in [4.78, 5) is 12.2. The number of carbonyl (C=O) groups excluding carboxylic acids is 1. The molecule has 0 aromatic heterocycles. The zero-order chi connectivity index (χ0) is 24.3. The molecule has 0 aliphatic heterocycles. The summed E-state index contributed by atoms with van der Waals surface area (Å²) in [6, 6.07) is 19.5. The number of carbonyl (C=O) groups is 1. The third-order valence-electron chi connectivity index (χ3n) is 4.40. The van der Waals surface area contributed by atoms with E-state index in [0.29, 0.717) is 33.1 Å². The first kappa shape index (κ1) is 24.8. The summed E-state index contributed by atoms with van der Waals surface area (Å²) in [6.45, 7) is -0.208. The Kier molecular flexibility index (Phi) is 9.07. The highest BCUT2D eigenvalue weighted by atomic mass is 35.5. The Bertz CT molecular complexity index is 1190. The third-order valence-corrected chi connectivity index (χ3v) is 4.92. The van der Waals surface area contributed by atoms with Crippen LogP contribution >= 0.6 is 23.8 Å². The summed E-state index contributed by atoms with van der Waals surface area (Å²) in [5.74, 6) is 1.23. The second-order valence-electron chi connectivity index (χ2n) is 6.78. The van der Waals surface area contributed by atoms with E-state index in [4.69, 9.17) is 38.0 Å². The van der Waals surface area contributed by atoms with Crippen molar-refractivity contribution in [3.05, 3.63) is 77.3 Å². The number of thiocarbonyl (C=S) groups is 1. The summed E-state index contributed by atoms with van der Waals surface area (Å²) in [5.41, 5.74) is 4.78. The second kappa shape index (κ2) is 12.4. The first-order valence-corrected chi connectivity index (χ1v) is 10.9. The Labute approximate surface area is 207 Å². The van der Waals surface area contributed by atoms with Gasteiger partial charge in [0.2, 0.25) is 0 Å². The number of amides is 1. The van der Waals surface area contributed by atoms with Crippen molar-refractivity contribution in [2.45, 2.75) is 0 Å². The number of hydrogen-bond acceptors (Lipinski definition) is 6. The maximum absolute atomic E-state index is 12.2. The van der Waals surface area contributed by atoms with Gasteiger partial charge in [-0.25, -0.2) is 0 Å². The number of hydrogen-bond donors (Lipinski definition) is 3. The van der Waals surface area contributed by atoms with Gasteiger partial charge in [0.25, 0.3) is 5.91 Å². The fourth-order valence-corrected chi connectivity index (χ4v) is 3.15. The van der Waals surface area contributed by atoms with Gasteiger partial charge >= 0.3 is 0 Å². The molecule has 0 unspecified atom stereocenters. The van der Waals surface area contributed by atoms with Crippen molar-refractivity contribution >= 4 is 52.4 Å². The SMILES string of the molecule is COc1cccc(NC(=S)N/N=C/c2ccc(OCC(=O)Nc3ccccc3Cl)c(OC)c2)c1. The number of halogens is 1. The molecule has 0 saturated heterocycles. The van der Waals surface area contributed by atoms with Gasteiger partial charge in [-0.05, 0) is 60.2 Å². The molecule has 0 radical (unpaired) electrons. The maximum Gasteiger partial charge on any atom is 0.262 e. The maximum atomic E-state index is 12.2. The first-order chi connectivity index (χ1) is 16.5. The summed E-state index contributed by atoms with van der Waals surface area (Å²) < 4.78 is 16.2. The monoisotopic (exact) mass is 498 g/mol. The standard InChI is InChI=1S/C24H23ClN4O4S/c1-31-18-7-5-6-17(13-18)27-24(34)29-26-14-16-10-11-21(22(12-16)32-2)33-15-23(30)28-20-9-4-3-8-19(20)25/h3-14H,15H2,1-2H3,(H,28,30)(H2,27,29,34)/b26-14+. The molecule has 3 aromatic carbocycles. The number of ether oxygens (including phenoxy) is 3. The van der Waals surface area contributed by atoms with E-state index >= 15 is 0 Å². The summed E-state index contributed by atoms with van der Waals surface area (Å²) in [6.07, 6.45) is 1.58. The quantitative estimate of drug-likeness (QED) is 0.224. The molecule has 0 spiro atoms. The molecule has 3 aromatic rings. The van der Waals surface area contributed by atoms with Crippen LogP contribution in [0.5, 0.6) is 17.2 Å². The molecule has 0 aliphatic rings. The van der Waals surface area contributed by atoms with Crippen LogP contribution < -0.4 is 30.3 Å². The van der Waals surface area contributed by atoms with Gasteiger partial charge in [0.15, 0.2) is 23.2 Å². The lowest BCUT2D eigenvalue weighted by Gasteiger charge is -2.12. The number of methoxy groups -OCH3 is 2. The van der Waals surface area contributed by atoms with E-state index in [0.717, 1.165) is 11.3 Å². The van der Waals surface area contributed by atoms with Crippen LogP contribution in [0.4, 0.5) is 11.4 Å². The lowest BCUT2D eigenvalue weighted by molar-refractivity contribution is -0.118. The lowest BCUT2D eigenvalue weighted by Crippen LogP contribution is -2.23. The minimum absolute atomic E-state index is 0.208. The molecule has 0 saturated carbocycles. The Balaban J connectivity index is 1.53. The average Bonchev–Trinajstić information content (AvgIpc) is 2.84. The average molecular weight is 499 g/mol. The van der Waals surface area contributed by atoms with E-state index in [2.05, 4.69) is 21.2 Å². The van der Waals surface area contributed by atoms with Crippen LogP contribution in [0, 0.1) is 0 Å². The number of nitrogens with one attached hydrogen (secondary N) is 3. The Hall–Kier alpha value is -3.82. The van der Waals surface area contributed by atoms with Crippen molar-refractivity contribution < 1.29 is 19.0 Å². The first-order valence-electron chi connectivity index (χ1n) is 10.1. The molecule has 3 N–H and O–H groups in total. The van der Waals surface area contributed by atoms with Crippen molar-refractivity contribution in [3.8, 4) is 17.2 Å². The van der Waals surface area contributed by atoms with Crippen LogP contribution in [-0.4, -0.2) is 38.1 Å². The predicted molar refractivity (Wildman–Crippen MR) is 139 cm³/mol. The van der Waals surface area contributed by atoms with E-state index in [-0.39, 0.29) is 12.5 Å². The van der Waals surface area contributed by atoms with Gasteiger partial charge in [0.1, 0.15) is 5.75 Å². The van der Waals surface area contributed by atoms with Crippen molar-refractivity contribution in [2.24, 2.45) is 5.10 Å². The topological polar surface area (TPSA) is 93.2 Å². The summed E-state index contributed by atoms with van der Waals surface area (Å²) >= 11 is 11.3. The molecule has 0 aliphatic carbocycles. The number of nitrogens with zero attached hydrogens (tertiary/aromatic N) is 1. The molecule has 1 amide bonds. The molecule has 0 atom stereocenters. The van der Waals surface area contributed by atoms with E-state index in [1.54, 1.807) is 55.8 Å². The predicted octanol–water partition coefficient (Wildman–Crippen LogP) is 4.70. The normalized spacial score (nSPS) is 10.4. The fraction of sp³-hybridized carbons (Fsp3) is 0.125. The molecular weight excluding hydrogens is 476 g/mol. The number of para-hydroxylation sites is 1. The molecule has 0 heterocycles. The molecule has 8 nitrogen and oxygen atoms in total. The second-order valence-corrected chi connectivity index (χ2v) is 7.60. The molecule has 0 fully saturated rings. The molecule has 176 valence electrons. The fourth-order valence-electron chi connectivity index (χ4n) is 2.80. The van der Waals surface area contributed by atoms with Crippen LogP contribution in [-0.2, 0) is 4.79 Å². The molecule has 0 bridgehead atoms. The van der Waals surface area contributed by atoms with Crippen LogP contribution in [0.1, 0.15) is 5.56 Å². The van der Waals surface area contributed by atoms with Crippen molar-refractivity contribution in [2.75, 3.05) is 31.5 Å². The third kappa shape index (κ3) is 7.36. The van der Waals surface area contributed by atoms with Crippen molar-refractivity contribution in [3.63, 3.8) is 0 Å². The number of hydrazone groups is 1. The number of rotatable bonds is 9. The minimum Gasteiger partial charge on any atom is -0.497 e. The van der Waals surface area contributed by atoms with E-state index in [1.165, 1.54) is 7.11 Å². The summed E-state index contributed by atoms with van der Waals surface area (Å²) in [5, 5.41) is 10.6. The highest BCUT2D eigenvalue weighted by molar-refractivity contribution is 7.80. The van der Waals surface area contributed by atoms with Crippen LogP contribution in [0.15, 0.2) is 71.8 Å². The van der Waals surface area contributed by atoms with Gasteiger partial charge in [-0.1, -0.05) is 29.8 Å². The minimum atomic E-state index is -0.345. The van der Waals surface area contributed by atoms with Gasteiger partial charge in [-0.3, -0.25) is 10.2 Å². The summed E-state index contributed by atoms with van der Waals surface area (Å²) in [7, 11) is 3.11. The van der Waals surface area contributed by atoms with Crippen LogP contribution in [0.3, 0.4) is 0 Å². The molecule has 3 rings (SSSR count). The van der Waals surface area contributed by atoms with Gasteiger partial charge in [-0.15, -0.1) is 0 Å². The molecular formula is C24H23ClN4O4S. The van der Waals surface area contributed by atoms with Gasteiger partial charge in [0.05, 0.1) is 31.1 Å². The molecule has 34 heavy (non-hydrogen) atoms. The van der Waals surface area contributed by atoms with Crippen molar-refractivity contribution in [1.29, 1.82) is 0 Å². The Morgan fingerprint density at radius 3 is 2.59 bits per heavy atom. The molecule has 10 heteroatoms. The zero-order valence-electron chi connectivity index (χ0n) is 18.5. The van der Waals surface area contributed by atoms with Crippen molar-refractivity contribution in [1.82, 2.24) is 5.43 Å². The lowest BCUT2D eigenvalue weighted by atomic mass is 10.2. The Morgan fingerprint density at radius 2 is 1.82 bits per heavy atom. The van der Waals surface area contributed by atoms with E-state index in [9.17, 15) is 4.79 Å². The zero-order valence-corrected chi connectivity index (χ0v) is 20.1. The van der Waals surface area contributed by atoms with Crippen LogP contribution in [0.2, 0.25) is 5.02 Å². The Morgan fingerprint density at radius 1 is 1.00 bits per heavy atom. The number of benzene rings is 3. The largest absolute Gasteiger partial charge is 0.497 e. The van der Waals surface area contributed by atoms with E-state index in [1.807, 2.05) is 24.3 Å².